The number of hydrogen-bond acceptors (Lipinski definition) is 15. The average molecular weight is 744 g/mol. The average Bonchev–Trinajstić information content (AvgIpc) is 3.74. The maximum Gasteiger partial charge on any atom is 0.695 e. The van der Waals surface area contributed by atoms with Crippen molar-refractivity contribution in [1.29, 1.82) is 0 Å². The van der Waals surface area contributed by atoms with Gasteiger partial charge in [-0.15, -0.1) is 9.42 Å². The fourth-order valence-corrected chi connectivity index (χ4v) is 6.92. The van der Waals surface area contributed by atoms with E-state index in [1.54, 1.807) is 18.4 Å². The molecule has 4 aromatic rings. The number of nitrogens with zero attached hydrogens (tertiary/aromatic N) is 8. The van der Waals surface area contributed by atoms with Crippen LogP contribution in [0.25, 0.3) is 27.2 Å². The molecule has 0 spiro atoms. The highest BCUT2D eigenvalue weighted by molar-refractivity contribution is 8.07. The molecular weight excluding hydrogens is 713 g/mol. The quantitative estimate of drug-likeness (QED) is 0.0722. The molecule has 1 aliphatic heterocycles. The van der Waals surface area contributed by atoms with Gasteiger partial charge >= 0.3 is 15.0 Å². The Balaban J connectivity index is 1.35. The fraction of sp³-hybridized carbons (Fsp3) is 0.520. The Hall–Kier alpha value is -3.74. The van der Waals surface area contributed by atoms with Crippen LogP contribution in [0.15, 0.2) is 23.6 Å². The van der Waals surface area contributed by atoms with Crippen molar-refractivity contribution in [2.24, 2.45) is 5.92 Å². The van der Waals surface area contributed by atoms with E-state index in [2.05, 4.69) is 40.1 Å². The zero-order chi connectivity index (χ0) is 35.3. The molecule has 5 rings (SSSR count). The molecule has 1 fully saturated rings. The number of alkyl halides is 1. The van der Waals surface area contributed by atoms with E-state index in [1.807, 2.05) is 0 Å². The number of ether oxygens (including phenoxy) is 1. The van der Waals surface area contributed by atoms with Gasteiger partial charge in [0.05, 0.1) is 25.7 Å². The van der Waals surface area contributed by atoms with Crippen LogP contribution in [0.3, 0.4) is 0 Å². The van der Waals surface area contributed by atoms with Crippen LogP contribution in [-0.2, 0) is 57.1 Å². The van der Waals surface area contributed by atoms with Crippen LogP contribution in [0, 0.1) is 12.5 Å². The standard InChI is InChI=1S/C25H29FN10O10P2S/c1-13(2)22(38)33-25-32-21-18(23(39)34-25)30-12-36(21)24-19(46-47(40)41)17(26)15(45-24)10-44-48(49,42-6-4-27-3)43-7-5-35-16(9-37)31-14-8-28-11-29-20(14)35/h8,11-13,15,17,19,24,37H,4-7,9-10H2,1-2H3,(H2-,32,33,34,38,39,40,41)/p+1/t15-,17+,19-,24-,48?/m1/s1. The molecule has 1 amide bonds. The third kappa shape index (κ3) is 8.36. The van der Waals surface area contributed by atoms with Crippen molar-refractivity contribution in [3.05, 3.63) is 46.4 Å². The van der Waals surface area contributed by atoms with E-state index in [0.717, 1.165) is 10.9 Å². The topological polar surface area (TPSA) is 244 Å². The number of aromatic amines is 1. The molecule has 0 saturated carbocycles. The summed E-state index contributed by atoms with van der Waals surface area (Å²) >= 11 is 5.54. The number of hydrogen-bond donors (Lipinski definition) is 4. The monoisotopic (exact) mass is 743 g/mol. The third-order valence-corrected chi connectivity index (χ3v) is 9.83. The number of nitrogens with one attached hydrogen (secondary N) is 2. The normalized spacial score (nSPS) is 20.9. The minimum Gasteiger partial charge on any atom is -0.388 e. The van der Waals surface area contributed by atoms with E-state index in [0.29, 0.717) is 17.0 Å². The predicted octanol–water partition coefficient (Wildman–Crippen LogP) is 1.51. The minimum atomic E-state index is -3.68. The van der Waals surface area contributed by atoms with Crippen LogP contribution in [0.1, 0.15) is 25.9 Å². The number of aliphatic hydroxyl groups excluding tert-OH is 1. The first-order chi connectivity index (χ1) is 23.4. The number of amides is 1. The Bertz CT molecular complexity index is 1990. The number of imidazole rings is 2. The summed E-state index contributed by atoms with van der Waals surface area (Å²) in [4.78, 5) is 60.7. The summed E-state index contributed by atoms with van der Waals surface area (Å²) in [7, 11) is -3.33. The van der Waals surface area contributed by atoms with E-state index in [9.17, 15) is 24.2 Å². The lowest BCUT2D eigenvalue weighted by atomic mass is 10.1. The summed E-state index contributed by atoms with van der Waals surface area (Å²) in [5, 5.41) is 12.2. The molecule has 0 aliphatic carbocycles. The molecule has 0 bridgehead atoms. The maximum atomic E-state index is 15.9. The predicted molar refractivity (Wildman–Crippen MR) is 170 cm³/mol. The number of fused-ring (bicyclic) bond motifs is 2. The Morgan fingerprint density at radius 2 is 2.06 bits per heavy atom. The minimum absolute atomic E-state index is 0.0739. The molecule has 2 unspecified atom stereocenters. The van der Waals surface area contributed by atoms with Gasteiger partial charge in [-0.05, 0) is 11.8 Å². The van der Waals surface area contributed by atoms with E-state index in [1.165, 1.54) is 12.5 Å². The van der Waals surface area contributed by atoms with Gasteiger partial charge in [0.2, 0.25) is 18.4 Å². The highest BCUT2D eigenvalue weighted by Crippen LogP contribution is 2.51. The summed E-state index contributed by atoms with van der Waals surface area (Å²) in [6, 6.07) is 0. The number of H-pyrrole nitrogens is 1. The first-order valence-electron chi connectivity index (χ1n) is 14.5. The largest absolute Gasteiger partial charge is 0.695 e. The van der Waals surface area contributed by atoms with Gasteiger partial charge in [-0.1, -0.05) is 13.8 Å². The molecule has 0 radical (unpaired) electrons. The van der Waals surface area contributed by atoms with E-state index in [-0.39, 0.29) is 43.4 Å². The van der Waals surface area contributed by atoms with Crippen LogP contribution in [0.4, 0.5) is 10.3 Å². The highest BCUT2D eigenvalue weighted by Gasteiger charge is 2.52. The number of carbonyl (C=O) groups is 1. The summed E-state index contributed by atoms with van der Waals surface area (Å²) in [6.45, 7) is 5.39. The zero-order valence-corrected chi connectivity index (χ0v) is 28.4. The van der Waals surface area contributed by atoms with Crippen LogP contribution >= 0.6 is 15.0 Å². The summed E-state index contributed by atoms with van der Waals surface area (Å²) in [6.07, 6.45) is -2.87. The summed E-state index contributed by atoms with van der Waals surface area (Å²) in [5.74, 6) is -0.806. The highest BCUT2D eigenvalue weighted by atomic mass is 32.5. The molecule has 24 heteroatoms. The van der Waals surface area contributed by atoms with Gasteiger partial charge in [0.1, 0.15) is 37.0 Å². The number of anilines is 1. The van der Waals surface area contributed by atoms with Crippen molar-refractivity contribution in [3.63, 3.8) is 0 Å². The van der Waals surface area contributed by atoms with Crippen LogP contribution in [0.2, 0.25) is 0 Å². The van der Waals surface area contributed by atoms with Gasteiger partial charge in [-0.3, -0.25) is 24.5 Å². The first kappa shape index (κ1) is 36.5. The Morgan fingerprint density at radius 1 is 1.29 bits per heavy atom. The molecule has 49 heavy (non-hydrogen) atoms. The molecule has 0 aromatic carbocycles. The van der Waals surface area contributed by atoms with Gasteiger partial charge in [0, 0.05) is 17.0 Å². The van der Waals surface area contributed by atoms with Crippen molar-refractivity contribution >= 4 is 61.0 Å². The Morgan fingerprint density at radius 3 is 2.78 bits per heavy atom. The van der Waals surface area contributed by atoms with Crippen molar-refractivity contribution in [2.45, 2.75) is 51.6 Å². The molecule has 20 nitrogen and oxygen atoms in total. The molecular formula is C25H30FN10O10P2S+. The number of halogens is 1. The van der Waals surface area contributed by atoms with Gasteiger partial charge in [0.15, 0.2) is 35.3 Å². The second kappa shape index (κ2) is 15.9. The van der Waals surface area contributed by atoms with E-state index < -0.39 is 70.2 Å². The molecule has 4 aromatic heterocycles. The maximum absolute atomic E-state index is 15.9. The van der Waals surface area contributed by atoms with Gasteiger partial charge in [-0.25, -0.2) is 30.9 Å². The smallest absolute Gasteiger partial charge is 0.388 e. The van der Waals surface area contributed by atoms with Crippen LogP contribution in [0.5, 0.6) is 0 Å². The number of aliphatic hydroxyl groups is 1. The van der Waals surface area contributed by atoms with Crippen molar-refractivity contribution in [3.8, 4) is 0 Å². The first-order valence-corrected chi connectivity index (χ1v) is 18.2. The number of carbonyl (C=O) groups excluding carboxylic acids is 1. The van der Waals surface area contributed by atoms with Crippen molar-refractivity contribution in [2.75, 3.05) is 31.7 Å². The van der Waals surface area contributed by atoms with Crippen LogP contribution in [-0.4, -0.2) is 99.7 Å². The lowest BCUT2D eigenvalue weighted by molar-refractivity contribution is -0.118. The molecule has 1 saturated heterocycles. The van der Waals surface area contributed by atoms with Gasteiger partial charge in [0.25, 0.3) is 5.56 Å². The van der Waals surface area contributed by atoms with Crippen molar-refractivity contribution < 1.29 is 46.6 Å². The molecule has 262 valence electrons. The molecule has 4 N–H and O–H groups in total. The lowest BCUT2D eigenvalue weighted by Crippen LogP contribution is -2.31. The SMILES string of the molecule is [C-]#[N+]CCOP(=S)(OCCn1c(CO)nc2cncnc21)OC[C@H]1O[C@@H](n2cnc3c(=O)[nH]c(NC(=O)C(C)C)nc32)[C@H](O[P+](=O)O)[C@H]1F. The number of aromatic nitrogens is 8. The molecule has 1 aliphatic rings. The van der Waals surface area contributed by atoms with Gasteiger partial charge in [-0.2, -0.15) is 4.98 Å². The Labute approximate surface area is 282 Å². The van der Waals surface area contributed by atoms with E-state index >= 15 is 4.39 Å². The van der Waals surface area contributed by atoms with Crippen molar-refractivity contribution in [1.82, 2.24) is 39.0 Å². The zero-order valence-electron chi connectivity index (χ0n) is 25.8. The fourth-order valence-electron chi connectivity index (χ4n) is 4.70. The van der Waals surface area contributed by atoms with E-state index in [4.69, 9.17) is 41.2 Å². The molecule has 5 heterocycles. The van der Waals surface area contributed by atoms with Crippen LogP contribution < -0.4 is 10.9 Å². The third-order valence-electron chi connectivity index (χ3n) is 6.99. The van der Waals surface area contributed by atoms with Gasteiger partial charge < -0.3 is 32.8 Å². The second-order valence-corrected chi connectivity index (χ2v) is 14.3. The second-order valence-electron chi connectivity index (χ2n) is 10.6. The Kier molecular flexibility index (Phi) is 11.8. The number of rotatable bonds is 16. The summed E-state index contributed by atoms with van der Waals surface area (Å²) in [5.41, 5.74) is -0.172. The molecule has 6 atom stereocenters. The summed E-state index contributed by atoms with van der Waals surface area (Å²) < 4.78 is 58.4. The lowest BCUT2D eigenvalue weighted by Gasteiger charge is -2.23.